The molecule has 2 fully saturated rings. The van der Waals surface area contributed by atoms with Crippen LogP contribution in [0.4, 0.5) is 0 Å². The molecule has 0 bridgehead atoms. The number of allylic oxidation sites excluding steroid dienone is 6. The van der Waals surface area contributed by atoms with E-state index in [0.29, 0.717) is 13.0 Å². The van der Waals surface area contributed by atoms with Crippen LogP contribution in [0.3, 0.4) is 0 Å². The second-order valence-electron chi connectivity index (χ2n) is 17.6. The van der Waals surface area contributed by atoms with Crippen molar-refractivity contribution in [3.63, 3.8) is 0 Å². The molecule has 0 aliphatic carbocycles. The zero-order chi connectivity index (χ0) is 46.6. The van der Waals surface area contributed by atoms with Crippen LogP contribution >= 0.6 is 0 Å². The van der Waals surface area contributed by atoms with E-state index in [1.54, 1.807) is 0 Å². The molecule has 374 valence electrons. The number of hydrogen-bond acceptors (Lipinski definition) is 14. The van der Waals surface area contributed by atoms with Crippen LogP contribution in [0, 0.1) is 0 Å². The van der Waals surface area contributed by atoms with E-state index in [9.17, 15) is 40.5 Å². The van der Waals surface area contributed by atoms with Crippen molar-refractivity contribution in [3.05, 3.63) is 36.5 Å². The standard InChI is InChI=1S/C50H90O14/c1-3-5-7-9-11-13-15-17-18-19-20-22-24-26-28-30-32-34-59-36-39(62-42(52)33-31-29-27-25-23-21-16-14-12-10-8-6-4-2)37-60-49-48(58)46(56)44(54)41(64-49)38-61-50-47(57)45(55)43(53)40(35-51)63-50/h13-16,18-19,39-41,43-51,53-58H,3-12,17,20-38H2,1-2H3/b15-13-,16-14-,19-18-. The van der Waals surface area contributed by atoms with Crippen molar-refractivity contribution in [1.82, 2.24) is 0 Å². The predicted molar refractivity (Wildman–Crippen MR) is 247 cm³/mol. The molecule has 0 aromatic heterocycles. The zero-order valence-electron chi connectivity index (χ0n) is 39.5. The molecule has 2 rings (SSSR count). The van der Waals surface area contributed by atoms with Gasteiger partial charge in [0.1, 0.15) is 54.9 Å². The molecule has 7 N–H and O–H groups in total. The number of hydrogen-bond donors (Lipinski definition) is 7. The fourth-order valence-corrected chi connectivity index (χ4v) is 7.72. The summed E-state index contributed by atoms with van der Waals surface area (Å²) in [6.45, 7) is 3.61. The van der Waals surface area contributed by atoms with Gasteiger partial charge in [-0.2, -0.15) is 0 Å². The van der Waals surface area contributed by atoms with Crippen LogP contribution in [0.2, 0.25) is 0 Å². The van der Waals surface area contributed by atoms with Crippen molar-refractivity contribution < 1.29 is 69.0 Å². The van der Waals surface area contributed by atoms with E-state index in [1.807, 2.05) is 0 Å². The summed E-state index contributed by atoms with van der Waals surface area (Å²) in [5.41, 5.74) is 0. The zero-order valence-corrected chi connectivity index (χ0v) is 39.5. The second-order valence-corrected chi connectivity index (χ2v) is 17.6. The molecule has 0 saturated carbocycles. The summed E-state index contributed by atoms with van der Waals surface area (Å²) < 4.78 is 34.2. The van der Waals surface area contributed by atoms with Gasteiger partial charge in [0.2, 0.25) is 0 Å². The van der Waals surface area contributed by atoms with Crippen LogP contribution in [0.15, 0.2) is 36.5 Å². The van der Waals surface area contributed by atoms with Gasteiger partial charge in [0.15, 0.2) is 12.6 Å². The van der Waals surface area contributed by atoms with Gasteiger partial charge in [-0.3, -0.25) is 4.79 Å². The number of carbonyl (C=O) groups is 1. The Morgan fingerprint density at radius 3 is 1.52 bits per heavy atom. The summed E-state index contributed by atoms with van der Waals surface area (Å²) in [6, 6.07) is 0. The van der Waals surface area contributed by atoms with Crippen molar-refractivity contribution in [3.8, 4) is 0 Å². The van der Waals surface area contributed by atoms with Gasteiger partial charge in [0, 0.05) is 13.0 Å². The predicted octanol–water partition coefficient (Wildman–Crippen LogP) is 7.02. The van der Waals surface area contributed by atoms with Gasteiger partial charge in [-0.1, -0.05) is 134 Å². The number of rotatable bonds is 39. The van der Waals surface area contributed by atoms with Gasteiger partial charge >= 0.3 is 5.97 Å². The molecule has 2 aliphatic heterocycles. The molecule has 0 amide bonds. The van der Waals surface area contributed by atoms with Crippen molar-refractivity contribution in [1.29, 1.82) is 0 Å². The third kappa shape index (κ3) is 25.9. The first-order valence-corrected chi connectivity index (χ1v) is 25.1. The van der Waals surface area contributed by atoms with E-state index in [-0.39, 0.29) is 19.6 Å². The number of carbonyl (C=O) groups excluding carboxylic acids is 1. The first-order chi connectivity index (χ1) is 31.1. The Kier molecular flexibility index (Phi) is 34.8. The lowest BCUT2D eigenvalue weighted by Gasteiger charge is -2.42. The molecular weight excluding hydrogens is 825 g/mol. The third-order valence-corrected chi connectivity index (χ3v) is 11.9. The molecule has 11 unspecified atom stereocenters. The molecule has 11 atom stereocenters. The second kappa shape index (κ2) is 38.2. The fraction of sp³-hybridized carbons (Fsp3) is 0.860. The van der Waals surface area contributed by atoms with Gasteiger partial charge in [-0.25, -0.2) is 0 Å². The topological polar surface area (TPSA) is 214 Å². The van der Waals surface area contributed by atoms with Crippen molar-refractivity contribution in [2.24, 2.45) is 0 Å². The van der Waals surface area contributed by atoms with Gasteiger partial charge in [0.25, 0.3) is 0 Å². The smallest absolute Gasteiger partial charge is 0.306 e. The van der Waals surface area contributed by atoms with Crippen LogP contribution in [-0.2, 0) is 33.2 Å². The number of esters is 1. The lowest BCUT2D eigenvalue weighted by molar-refractivity contribution is -0.332. The molecule has 2 aliphatic rings. The lowest BCUT2D eigenvalue weighted by atomic mass is 9.98. The number of unbranched alkanes of at least 4 members (excludes halogenated alkanes) is 19. The van der Waals surface area contributed by atoms with Crippen LogP contribution in [0.5, 0.6) is 0 Å². The molecule has 14 nitrogen and oxygen atoms in total. The lowest BCUT2D eigenvalue weighted by Crippen LogP contribution is -2.61. The third-order valence-electron chi connectivity index (χ3n) is 11.9. The van der Waals surface area contributed by atoms with Gasteiger partial charge in [-0.05, 0) is 70.6 Å². The summed E-state index contributed by atoms with van der Waals surface area (Å²) in [6.07, 6.45) is 24.9. The van der Waals surface area contributed by atoms with Crippen LogP contribution in [0.1, 0.15) is 174 Å². The summed E-state index contributed by atoms with van der Waals surface area (Å²) in [5, 5.41) is 72.0. The largest absolute Gasteiger partial charge is 0.457 e. The summed E-state index contributed by atoms with van der Waals surface area (Å²) >= 11 is 0. The molecule has 64 heavy (non-hydrogen) atoms. The van der Waals surface area contributed by atoms with Gasteiger partial charge in [0.05, 0.1) is 26.4 Å². The van der Waals surface area contributed by atoms with Crippen molar-refractivity contribution in [2.45, 2.75) is 242 Å². The normalized spacial score (nSPS) is 27.0. The molecular formula is C50H90O14. The van der Waals surface area contributed by atoms with Crippen molar-refractivity contribution >= 4 is 5.97 Å². The number of aliphatic hydroxyl groups is 7. The van der Waals surface area contributed by atoms with E-state index in [4.69, 9.17) is 28.4 Å². The summed E-state index contributed by atoms with van der Waals surface area (Å²) in [7, 11) is 0. The summed E-state index contributed by atoms with van der Waals surface area (Å²) in [5.74, 6) is -0.390. The van der Waals surface area contributed by atoms with E-state index in [1.165, 1.54) is 70.6 Å². The Hall–Kier alpha value is -1.79. The molecule has 0 aromatic rings. The molecule has 2 saturated heterocycles. The minimum Gasteiger partial charge on any atom is -0.457 e. The highest BCUT2D eigenvalue weighted by molar-refractivity contribution is 5.69. The number of ether oxygens (including phenoxy) is 6. The minimum atomic E-state index is -1.71. The van der Waals surface area contributed by atoms with Crippen LogP contribution in [0.25, 0.3) is 0 Å². The maximum absolute atomic E-state index is 13.0. The SMILES string of the molecule is CCCCCC/C=C\C/C=C\CCCCCCCCOCC(COC1OC(COC2OC(CO)C(O)C(O)C2O)C(O)C(O)C1O)OC(=O)CCCCCCC/C=C\CCCCCC. The highest BCUT2D eigenvalue weighted by Crippen LogP contribution is 2.26. The molecule has 0 aromatic carbocycles. The quantitative estimate of drug-likeness (QED) is 0.0188. The van der Waals surface area contributed by atoms with E-state index >= 15 is 0 Å². The highest BCUT2D eigenvalue weighted by Gasteiger charge is 2.47. The highest BCUT2D eigenvalue weighted by atomic mass is 16.7. The Morgan fingerprint density at radius 2 is 0.969 bits per heavy atom. The van der Waals surface area contributed by atoms with E-state index in [0.717, 1.165) is 77.0 Å². The fourth-order valence-electron chi connectivity index (χ4n) is 7.72. The van der Waals surface area contributed by atoms with E-state index < -0.39 is 86.7 Å². The average molecular weight is 915 g/mol. The Morgan fingerprint density at radius 1 is 0.516 bits per heavy atom. The molecule has 14 heteroatoms. The first kappa shape index (κ1) is 58.3. The van der Waals surface area contributed by atoms with Gasteiger partial charge in [-0.15, -0.1) is 0 Å². The van der Waals surface area contributed by atoms with Crippen LogP contribution < -0.4 is 0 Å². The monoisotopic (exact) mass is 915 g/mol. The average Bonchev–Trinajstić information content (AvgIpc) is 3.29. The number of aliphatic hydroxyl groups excluding tert-OH is 7. The summed E-state index contributed by atoms with van der Waals surface area (Å²) in [4.78, 5) is 13.0. The molecule has 0 radical (unpaired) electrons. The molecule has 0 spiro atoms. The van der Waals surface area contributed by atoms with Gasteiger partial charge < -0.3 is 64.2 Å². The van der Waals surface area contributed by atoms with Crippen LogP contribution in [-0.4, -0.2) is 142 Å². The maximum atomic E-state index is 13.0. The maximum Gasteiger partial charge on any atom is 0.306 e. The molecule has 2 heterocycles. The van der Waals surface area contributed by atoms with E-state index in [2.05, 4.69) is 50.3 Å². The Bertz CT molecular complexity index is 1200. The first-order valence-electron chi connectivity index (χ1n) is 25.1. The Balaban J connectivity index is 1.79. The minimum absolute atomic E-state index is 0.0515. The van der Waals surface area contributed by atoms with Crippen molar-refractivity contribution in [2.75, 3.05) is 33.0 Å². The Labute approximate surface area is 385 Å².